The Balaban J connectivity index is 0.000000967. The molecule has 3 heterocycles. The Kier molecular flexibility index (Phi) is 8.59. The first-order valence-electron chi connectivity index (χ1n) is 12.3. The third-order valence-electron chi connectivity index (χ3n) is 5.69. The van der Waals surface area contributed by atoms with E-state index in [1.165, 1.54) is 37.3 Å². The van der Waals surface area contributed by atoms with E-state index in [2.05, 4.69) is 51.4 Å². The van der Waals surface area contributed by atoms with Gasteiger partial charge in [-0.1, -0.05) is 56.2 Å². The molecule has 0 unspecified atom stereocenters. The molecule has 0 radical (unpaired) electrons. The molecule has 0 aliphatic rings. The van der Waals surface area contributed by atoms with Crippen molar-refractivity contribution in [1.82, 2.24) is 25.1 Å². The number of fused-ring (bicyclic) bond motifs is 1. The molecule has 0 atom stereocenters. The highest BCUT2D eigenvalue weighted by Crippen LogP contribution is 2.26. The third kappa shape index (κ3) is 6.66. The number of aldehydes is 1. The van der Waals surface area contributed by atoms with Crippen molar-refractivity contribution in [1.29, 1.82) is 0 Å². The average molecular weight is 482 g/mol. The number of aromatic nitrogens is 5. The predicted octanol–water partition coefficient (Wildman–Crippen LogP) is 6.67. The number of rotatable bonds is 9. The van der Waals surface area contributed by atoms with Crippen LogP contribution in [0.4, 0.5) is 0 Å². The van der Waals surface area contributed by atoms with E-state index < -0.39 is 0 Å². The Morgan fingerprint density at radius 1 is 1.00 bits per heavy atom. The molecule has 7 heteroatoms. The molecular formula is C29H31N5O2. The lowest BCUT2D eigenvalue weighted by atomic mass is 10.0. The van der Waals surface area contributed by atoms with E-state index in [0.717, 1.165) is 41.4 Å². The van der Waals surface area contributed by atoms with Gasteiger partial charge in [-0.15, -0.1) is 0 Å². The molecule has 0 saturated carbocycles. The summed E-state index contributed by atoms with van der Waals surface area (Å²) in [6.07, 6.45) is 10.0. The molecule has 184 valence electrons. The van der Waals surface area contributed by atoms with Crippen LogP contribution in [0.2, 0.25) is 0 Å². The van der Waals surface area contributed by atoms with Gasteiger partial charge in [-0.3, -0.25) is 5.10 Å². The molecule has 36 heavy (non-hydrogen) atoms. The van der Waals surface area contributed by atoms with Crippen LogP contribution in [0, 0.1) is 0 Å². The van der Waals surface area contributed by atoms with Crippen LogP contribution in [0.3, 0.4) is 0 Å². The summed E-state index contributed by atoms with van der Waals surface area (Å²) in [7, 11) is 0. The van der Waals surface area contributed by atoms with Crippen LogP contribution < -0.4 is 4.74 Å². The van der Waals surface area contributed by atoms with Crippen LogP contribution in [0.1, 0.15) is 50.1 Å². The van der Waals surface area contributed by atoms with E-state index in [-0.39, 0.29) is 0 Å². The first-order valence-corrected chi connectivity index (χ1v) is 12.3. The van der Waals surface area contributed by atoms with Gasteiger partial charge < -0.3 is 14.5 Å². The van der Waals surface area contributed by atoms with Crippen molar-refractivity contribution in [2.75, 3.05) is 0 Å². The molecule has 0 bridgehead atoms. The second kappa shape index (κ2) is 12.4. The number of carbonyl (C=O) groups is 1. The molecule has 5 rings (SSSR count). The molecular weight excluding hydrogens is 450 g/mol. The molecule has 2 aromatic carbocycles. The molecule has 0 aliphatic carbocycles. The predicted molar refractivity (Wildman–Crippen MR) is 142 cm³/mol. The average Bonchev–Trinajstić information content (AvgIpc) is 3.55. The smallest absolute Gasteiger partial charge is 0.219 e. The van der Waals surface area contributed by atoms with Crippen molar-refractivity contribution in [2.24, 2.45) is 0 Å². The zero-order valence-electron chi connectivity index (χ0n) is 20.7. The number of hydrogen-bond donors (Lipinski definition) is 2. The maximum atomic E-state index is 8.81. The van der Waals surface area contributed by atoms with Crippen LogP contribution in [-0.2, 0) is 17.6 Å². The maximum Gasteiger partial charge on any atom is 0.219 e. The van der Waals surface area contributed by atoms with Gasteiger partial charge in [0.25, 0.3) is 0 Å². The zero-order valence-corrected chi connectivity index (χ0v) is 20.7. The van der Waals surface area contributed by atoms with Crippen molar-refractivity contribution in [3.63, 3.8) is 0 Å². The number of nitrogens with one attached hydrogen (secondary N) is 2. The highest BCUT2D eigenvalue weighted by molar-refractivity contribution is 5.79. The van der Waals surface area contributed by atoms with E-state index in [1.54, 1.807) is 6.20 Å². The van der Waals surface area contributed by atoms with E-state index in [0.29, 0.717) is 17.5 Å². The fraction of sp³-hybridized carbons (Fsp3) is 0.241. The van der Waals surface area contributed by atoms with Gasteiger partial charge >= 0.3 is 0 Å². The number of ether oxygens (including phenoxy) is 1. The van der Waals surface area contributed by atoms with Crippen molar-refractivity contribution in [3.8, 4) is 23.0 Å². The summed E-state index contributed by atoms with van der Waals surface area (Å²) < 4.78 is 5.98. The van der Waals surface area contributed by atoms with Gasteiger partial charge in [-0.2, -0.15) is 5.10 Å². The second-order valence-corrected chi connectivity index (χ2v) is 8.51. The quantitative estimate of drug-likeness (QED) is 0.181. The minimum Gasteiger partial charge on any atom is -0.439 e. The number of nitrogens with zero attached hydrogens (tertiary/aromatic N) is 3. The lowest BCUT2D eigenvalue weighted by Gasteiger charge is -2.06. The minimum absolute atomic E-state index is 0.550. The lowest BCUT2D eigenvalue weighted by Crippen LogP contribution is -1.93. The van der Waals surface area contributed by atoms with Crippen molar-refractivity contribution < 1.29 is 9.53 Å². The van der Waals surface area contributed by atoms with Crippen molar-refractivity contribution in [2.45, 2.75) is 46.0 Å². The molecule has 2 N–H and O–H groups in total. The lowest BCUT2D eigenvalue weighted by molar-refractivity contribution is -0.106. The number of aryl methyl sites for hydroxylation is 1. The summed E-state index contributed by atoms with van der Waals surface area (Å²) in [5, 5.41) is 8.59. The standard InChI is InChI=1S/C27H27N5O.C2H4O/c1-2-3-4-7-19-8-5-9-20(14-19)15-25-30-27(32-31-25)22-10-6-11-23(16-22)33-26-17-21-12-13-28-24(21)18-29-26;1-2-3/h5-6,8-14,16-18,28H,2-4,7,15H2,1H3,(H,30,31,32);2H,1H3. The SMILES string of the molecule is CC=O.CCCCCc1cccc(Cc2nc(-c3cccc(Oc4cc5cc[nH]c5cn4)c3)n[nH]2)c1. The summed E-state index contributed by atoms with van der Waals surface area (Å²) in [5.41, 5.74) is 4.51. The van der Waals surface area contributed by atoms with E-state index >= 15 is 0 Å². The Morgan fingerprint density at radius 3 is 2.69 bits per heavy atom. The number of carbonyl (C=O) groups excluding carboxylic acids is 1. The van der Waals surface area contributed by atoms with E-state index in [1.807, 2.05) is 42.6 Å². The molecule has 0 fully saturated rings. The summed E-state index contributed by atoms with van der Waals surface area (Å²) in [6, 6.07) is 20.4. The van der Waals surface area contributed by atoms with Gasteiger partial charge in [-0.05, 0) is 49.1 Å². The largest absolute Gasteiger partial charge is 0.439 e. The van der Waals surface area contributed by atoms with Gasteiger partial charge in [0, 0.05) is 29.6 Å². The molecule has 7 nitrogen and oxygen atoms in total. The number of benzene rings is 2. The zero-order chi connectivity index (χ0) is 25.2. The summed E-state index contributed by atoms with van der Waals surface area (Å²) in [4.78, 5) is 21.0. The summed E-state index contributed by atoms with van der Waals surface area (Å²) >= 11 is 0. The first-order chi connectivity index (χ1) is 17.7. The number of unbranched alkanes of at least 4 members (excludes halogenated alkanes) is 2. The van der Waals surface area contributed by atoms with E-state index in [9.17, 15) is 0 Å². The monoisotopic (exact) mass is 481 g/mol. The molecule has 0 spiro atoms. The van der Waals surface area contributed by atoms with Crippen LogP contribution in [0.25, 0.3) is 22.3 Å². The van der Waals surface area contributed by atoms with Crippen molar-refractivity contribution in [3.05, 3.63) is 90.0 Å². The normalized spacial score (nSPS) is 10.6. The number of hydrogen-bond acceptors (Lipinski definition) is 5. The molecule has 5 aromatic rings. The highest BCUT2D eigenvalue weighted by Gasteiger charge is 2.09. The van der Waals surface area contributed by atoms with Crippen LogP contribution in [0.15, 0.2) is 73.1 Å². The Morgan fingerprint density at radius 2 is 1.83 bits per heavy atom. The maximum absolute atomic E-state index is 8.81. The Labute approximate surface area is 211 Å². The number of aromatic amines is 2. The van der Waals surface area contributed by atoms with Crippen LogP contribution >= 0.6 is 0 Å². The minimum atomic E-state index is 0.550. The molecule has 0 saturated heterocycles. The molecule has 0 aliphatic heterocycles. The van der Waals surface area contributed by atoms with Crippen LogP contribution in [0.5, 0.6) is 11.6 Å². The second-order valence-electron chi connectivity index (χ2n) is 8.51. The van der Waals surface area contributed by atoms with Gasteiger partial charge in [-0.25, -0.2) is 9.97 Å². The molecule has 0 amide bonds. The van der Waals surface area contributed by atoms with Gasteiger partial charge in [0.1, 0.15) is 17.9 Å². The number of H-pyrrole nitrogens is 2. The topological polar surface area (TPSA) is 96.6 Å². The fourth-order valence-electron chi connectivity index (χ4n) is 3.98. The van der Waals surface area contributed by atoms with Crippen LogP contribution in [-0.4, -0.2) is 31.4 Å². The van der Waals surface area contributed by atoms with E-state index in [4.69, 9.17) is 14.5 Å². The van der Waals surface area contributed by atoms with Crippen molar-refractivity contribution >= 4 is 17.2 Å². The summed E-state index contributed by atoms with van der Waals surface area (Å²) in [5.74, 6) is 2.75. The molecule has 3 aromatic heterocycles. The Bertz CT molecular complexity index is 1410. The Hall–Kier alpha value is -4.26. The number of pyridine rings is 1. The third-order valence-corrected chi connectivity index (χ3v) is 5.69. The van der Waals surface area contributed by atoms with Gasteiger partial charge in [0.2, 0.25) is 5.88 Å². The highest BCUT2D eigenvalue weighted by atomic mass is 16.5. The summed E-state index contributed by atoms with van der Waals surface area (Å²) in [6.45, 7) is 3.68. The first kappa shape index (κ1) is 24.9. The van der Waals surface area contributed by atoms with Gasteiger partial charge in [0.05, 0.1) is 11.7 Å². The fourth-order valence-corrected chi connectivity index (χ4v) is 3.98. The van der Waals surface area contributed by atoms with Gasteiger partial charge in [0.15, 0.2) is 5.82 Å².